The van der Waals surface area contributed by atoms with Crippen molar-refractivity contribution in [3.8, 4) is 0 Å². The molecule has 0 fully saturated rings. The molecule has 22 heavy (non-hydrogen) atoms. The van der Waals surface area contributed by atoms with E-state index in [1.807, 2.05) is 36.4 Å². The van der Waals surface area contributed by atoms with Crippen LogP contribution >= 0.6 is 11.3 Å². The Labute approximate surface area is 130 Å². The van der Waals surface area contributed by atoms with E-state index in [4.69, 9.17) is 0 Å². The Morgan fingerprint density at radius 2 is 1.91 bits per heavy atom. The van der Waals surface area contributed by atoms with Crippen LogP contribution in [0.25, 0.3) is 20.2 Å². The molecule has 5 heteroatoms. The molecule has 1 heterocycles. The maximum absolute atomic E-state index is 12.5. The van der Waals surface area contributed by atoms with Gasteiger partial charge in [-0.15, -0.1) is 11.3 Å². The minimum atomic E-state index is -0.630. The highest BCUT2D eigenvalue weighted by Crippen LogP contribution is 2.24. The molecule has 2 aromatic carbocycles. The highest BCUT2D eigenvalue weighted by molar-refractivity contribution is 7.24. The topological polar surface area (TPSA) is 55.7 Å². The second-order valence-corrected chi connectivity index (χ2v) is 5.62. The van der Waals surface area contributed by atoms with Gasteiger partial charge in [-0.1, -0.05) is 29.9 Å². The molecule has 0 aliphatic heterocycles. The van der Waals surface area contributed by atoms with Crippen molar-refractivity contribution in [1.29, 1.82) is 0 Å². The Balaban J connectivity index is 2.07. The Kier molecular flexibility index (Phi) is 3.80. The van der Waals surface area contributed by atoms with Gasteiger partial charge in [0.2, 0.25) is 0 Å². The van der Waals surface area contributed by atoms with Crippen molar-refractivity contribution in [2.75, 3.05) is 0 Å². The van der Waals surface area contributed by atoms with Crippen LogP contribution in [0.3, 0.4) is 0 Å². The van der Waals surface area contributed by atoms with Crippen LogP contribution in [0.5, 0.6) is 0 Å². The molecule has 0 atom stereocenters. The third-order valence-electron chi connectivity index (χ3n) is 3.11. The summed E-state index contributed by atoms with van der Waals surface area (Å²) in [5.74, 6) is -0.630. The van der Waals surface area contributed by atoms with Crippen LogP contribution in [0.4, 0.5) is 0 Å². The van der Waals surface area contributed by atoms with Crippen LogP contribution in [0.2, 0.25) is 0 Å². The maximum atomic E-state index is 12.5. The van der Waals surface area contributed by atoms with Gasteiger partial charge >= 0.3 is 5.97 Å². The van der Waals surface area contributed by atoms with Crippen LogP contribution in [0, 0.1) is 0 Å². The molecule has 0 amide bonds. The lowest BCUT2D eigenvalue weighted by molar-refractivity contribution is -0.137. The van der Waals surface area contributed by atoms with E-state index in [9.17, 15) is 9.59 Å². The predicted octanol–water partition coefficient (Wildman–Crippen LogP) is 3.48. The van der Waals surface area contributed by atoms with Gasteiger partial charge in [-0.3, -0.25) is 4.79 Å². The quantitative estimate of drug-likeness (QED) is 0.245. The first-order valence-electron chi connectivity index (χ1n) is 6.51. The number of carbonyl (C=O) groups is 1. The summed E-state index contributed by atoms with van der Waals surface area (Å²) in [6, 6.07) is 12.9. The summed E-state index contributed by atoms with van der Waals surface area (Å²) in [6.07, 6.45) is 2.42. The molecule has 0 aliphatic carbocycles. The fourth-order valence-electron chi connectivity index (χ4n) is 2.08. The van der Waals surface area contributed by atoms with Gasteiger partial charge in [0.1, 0.15) is 0 Å². The minimum Gasteiger partial charge on any atom is -0.314 e. The lowest BCUT2D eigenvalue weighted by Crippen LogP contribution is -2.01. The van der Waals surface area contributed by atoms with Crippen molar-refractivity contribution in [2.45, 2.75) is 0 Å². The van der Waals surface area contributed by atoms with E-state index in [1.54, 1.807) is 17.4 Å². The Morgan fingerprint density at radius 1 is 1.14 bits per heavy atom. The summed E-state index contributed by atoms with van der Waals surface area (Å²) in [6.45, 7) is 3.28. The van der Waals surface area contributed by atoms with Gasteiger partial charge in [0.25, 0.3) is 0 Å². The molecule has 3 aromatic rings. The largest absolute Gasteiger partial charge is 0.357 e. The Hall–Kier alpha value is -2.79. The number of hydrogen-bond donors (Lipinski definition) is 0. The molecule has 0 aliphatic rings. The molecule has 1 aromatic heterocycles. The van der Waals surface area contributed by atoms with E-state index in [-0.39, 0.29) is 5.43 Å². The van der Waals surface area contributed by atoms with Gasteiger partial charge in [-0.2, -0.15) is 0 Å². The molecular formula is C17H11NO3S. The van der Waals surface area contributed by atoms with Gasteiger partial charge in [0.05, 0.1) is 6.21 Å². The van der Waals surface area contributed by atoms with Crippen LogP contribution in [0.15, 0.2) is 65.1 Å². The van der Waals surface area contributed by atoms with Gasteiger partial charge in [-0.05, 0) is 29.8 Å². The number of hydrogen-bond acceptors (Lipinski definition) is 5. The lowest BCUT2D eigenvalue weighted by Gasteiger charge is -2.01. The average molecular weight is 309 g/mol. The molecule has 0 unspecified atom stereocenters. The van der Waals surface area contributed by atoms with Crippen molar-refractivity contribution in [2.24, 2.45) is 5.16 Å². The lowest BCUT2D eigenvalue weighted by atomic mass is 10.1. The third-order valence-corrected chi connectivity index (χ3v) is 4.26. The molecule has 0 spiro atoms. The van der Waals surface area contributed by atoms with Gasteiger partial charge in [-0.25, -0.2) is 4.79 Å². The third kappa shape index (κ3) is 2.66. The predicted molar refractivity (Wildman–Crippen MR) is 89.5 cm³/mol. The van der Waals surface area contributed by atoms with Crippen LogP contribution in [-0.2, 0) is 9.63 Å². The zero-order valence-corrected chi connectivity index (χ0v) is 12.3. The second-order valence-electron chi connectivity index (χ2n) is 4.53. The standard InChI is InChI=1S/C17H11NO3S/c1-2-16(19)21-18-10-11-7-8-15-13(9-11)17(20)12-5-3-4-6-14(12)22-15/h2-10H,1H2/b18-10+. The number of fused-ring (bicyclic) bond motifs is 2. The van der Waals surface area contributed by atoms with Crippen molar-refractivity contribution >= 4 is 43.7 Å². The molecule has 0 N–H and O–H groups in total. The van der Waals surface area contributed by atoms with Gasteiger partial charge in [0, 0.05) is 26.2 Å². The molecule has 0 saturated heterocycles. The van der Waals surface area contributed by atoms with E-state index in [0.717, 1.165) is 15.5 Å². The molecule has 3 rings (SSSR count). The highest BCUT2D eigenvalue weighted by Gasteiger charge is 2.06. The number of carbonyl (C=O) groups excluding carboxylic acids is 1. The fraction of sp³-hybridized carbons (Fsp3) is 0. The average Bonchev–Trinajstić information content (AvgIpc) is 2.55. The minimum absolute atomic E-state index is 0.0114. The first kappa shape index (κ1) is 14.2. The first-order chi connectivity index (χ1) is 10.7. The molecule has 108 valence electrons. The summed E-state index contributed by atoms with van der Waals surface area (Å²) in [4.78, 5) is 28.0. The van der Waals surface area contributed by atoms with Crippen molar-refractivity contribution in [1.82, 2.24) is 0 Å². The number of oxime groups is 1. The fourth-order valence-corrected chi connectivity index (χ4v) is 3.13. The number of nitrogens with zero attached hydrogens (tertiary/aromatic N) is 1. The van der Waals surface area contributed by atoms with Crippen LogP contribution in [0.1, 0.15) is 5.56 Å². The molecular weight excluding hydrogens is 298 g/mol. The summed E-state index contributed by atoms with van der Waals surface area (Å²) < 4.78 is 1.87. The van der Waals surface area contributed by atoms with Gasteiger partial charge in [0.15, 0.2) is 5.43 Å². The first-order valence-corrected chi connectivity index (χ1v) is 7.33. The summed E-state index contributed by atoms with van der Waals surface area (Å²) in [5.41, 5.74) is 0.673. The van der Waals surface area contributed by atoms with Crippen LogP contribution < -0.4 is 5.43 Å². The van der Waals surface area contributed by atoms with E-state index in [0.29, 0.717) is 16.3 Å². The van der Waals surface area contributed by atoms with E-state index in [1.165, 1.54) is 6.21 Å². The van der Waals surface area contributed by atoms with Crippen molar-refractivity contribution < 1.29 is 9.63 Å². The van der Waals surface area contributed by atoms with Gasteiger partial charge < -0.3 is 4.84 Å². The zero-order chi connectivity index (χ0) is 15.5. The monoisotopic (exact) mass is 309 g/mol. The summed E-state index contributed by atoms with van der Waals surface area (Å²) in [7, 11) is 0. The maximum Gasteiger partial charge on any atom is 0.357 e. The Bertz CT molecular complexity index is 972. The zero-order valence-electron chi connectivity index (χ0n) is 11.5. The second kappa shape index (κ2) is 5.91. The number of rotatable bonds is 3. The van der Waals surface area contributed by atoms with Crippen molar-refractivity contribution in [3.05, 3.63) is 70.9 Å². The number of benzene rings is 2. The molecule has 0 saturated carbocycles. The summed E-state index contributed by atoms with van der Waals surface area (Å²) in [5, 5.41) is 4.90. The van der Waals surface area contributed by atoms with E-state index >= 15 is 0 Å². The smallest absolute Gasteiger partial charge is 0.314 e. The van der Waals surface area contributed by atoms with E-state index < -0.39 is 5.97 Å². The Morgan fingerprint density at radius 3 is 2.73 bits per heavy atom. The summed E-state index contributed by atoms with van der Waals surface area (Å²) >= 11 is 1.56. The molecule has 0 bridgehead atoms. The molecule has 4 nitrogen and oxygen atoms in total. The van der Waals surface area contributed by atoms with E-state index in [2.05, 4.69) is 16.6 Å². The highest BCUT2D eigenvalue weighted by atomic mass is 32.1. The normalized spacial score (nSPS) is 11.1. The van der Waals surface area contributed by atoms with Crippen molar-refractivity contribution in [3.63, 3.8) is 0 Å². The van der Waals surface area contributed by atoms with Crippen LogP contribution in [-0.4, -0.2) is 12.2 Å². The SMILES string of the molecule is C=CC(=O)O/N=C/c1ccc2sc3ccccc3c(=O)c2c1. The molecule has 0 radical (unpaired) electrons.